The van der Waals surface area contributed by atoms with Gasteiger partial charge in [-0.3, -0.25) is 4.79 Å². The minimum absolute atomic E-state index is 0.254. The van der Waals surface area contributed by atoms with Gasteiger partial charge in [0.1, 0.15) is 0 Å². The lowest BCUT2D eigenvalue weighted by atomic mass is 10.3. The normalized spacial score (nSPS) is 11.2. The van der Waals surface area contributed by atoms with E-state index in [2.05, 4.69) is 30.7 Å². The number of rotatable bonds is 9. The summed E-state index contributed by atoms with van der Waals surface area (Å²) in [6, 6.07) is 0. The van der Waals surface area contributed by atoms with Crippen LogP contribution in [0, 0.1) is 0 Å². The molecule has 0 saturated carbocycles. The molecule has 0 aliphatic heterocycles. The summed E-state index contributed by atoms with van der Waals surface area (Å²) in [5.41, 5.74) is 0. The molecular formula is C13H29N3O. The fourth-order valence-corrected chi connectivity index (χ4v) is 1.50. The Balaban J connectivity index is 3.67. The highest BCUT2D eigenvalue weighted by Gasteiger charge is 2.09. The number of nitrogens with zero attached hydrogens (tertiary/aromatic N) is 3. The first kappa shape index (κ1) is 16.4. The fourth-order valence-electron chi connectivity index (χ4n) is 1.50. The maximum atomic E-state index is 11.8. The number of hydrogen-bond donors (Lipinski definition) is 0. The Morgan fingerprint density at radius 3 is 1.94 bits per heavy atom. The van der Waals surface area contributed by atoms with Gasteiger partial charge in [-0.2, -0.15) is 0 Å². The van der Waals surface area contributed by atoms with Crippen molar-refractivity contribution in [2.24, 2.45) is 0 Å². The quantitative estimate of drug-likeness (QED) is 0.607. The zero-order valence-corrected chi connectivity index (χ0v) is 12.2. The van der Waals surface area contributed by atoms with Crippen LogP contribution in [0.4, 0.5) is 0 Å². The number of hydrogen-bond acceptors (Lipinski definition) is 3. The molecule has 0 unspecified atom stereocenters. The zero-order valence-electron chi connectivity index (χ0n) is 12.2. The van der Waals surface area contributed by atoms with E-state index in [0.717, 1.165) is 39.1 Å². The van der Waals surface area contributed by atoms with Crippen molar-refractivity contribution in [1.82, 2.24) is 14.7 Å². The molecule has 0 saturated heterocycles. The van der Waals surface area contributed by atoms with E-state index in [-0.39, 0.29) is 5.91 Å². The van der Waals surface area contributed by atoms with E-state index in [1.54, 1.807) is 0 Å². The van der Waals surface area contributed by atoms with E-state index in [4.69, 9.17) is 0 Å². The molecule has 17 heavy (non-hydrogen) atoms. The smallest absolute Gasteiger partial charge is 0.223 e. The van der Waals surface area contributed by atoms with Gasteiger partial charge in [0.15, 0.2) is 0 Å². The van der Waals surface area contributed by atoms with Gasteiger partial charge in [-0.1, -0.05) is 13.8 Å². The molecule has 1 amide bonds. The van der Waals surface area contributed by atoms with Gasteiger partial charge in [0.05, 0.1) is 0 Å². The van der Waals surface area contributed by atoms with Gasteiger partial charge in [-0.25, -0.2) is 0 Å². The minimum Gasteiger partial charge on any atom is -0.346 e. The third-order valence-corrected chi connectivity index (χ3v) is 3.25. The highest BCUT2D eigenvalue weighted by Crippen LogP contribution is 1.96. The molecule has 0 heterocycles. The van der Waals surface area contributed by atoms with Crippen LogP contribution < -0.4 is 0 Å². The largest absolute Gasteiger partial charge is 0.346 e. The minimum atomic E-state index is 0.254. The second kappa shape index (κ2) is 9.42. The third-order valence-electron chi connectivity index (χ3n) is 3.25. The molecule has 0 bridgehead atoms. The topological polar surface area (TPSA) is 26.8 Å². The molecule has 4 heteroatoms. The van der Waals surface area contributed by atoms with Gasteiger partial charge in [0.2, 0.25) is 5.91 Å². The zero-order chi connectivity index (χ0) is 13.3. The molecule has 0 aromatic heterocycles. The number of carbonyl (C=O) groups is 1. The van der Waals surface area contributed by atoms with Crippen molar-refractivity contribution in [2.45, 2.75) is 26.7 Å². The van der Waals surface area contributed by atoms with Crippen molar-refractivity contribution in [3.8, 4) is 0 Å². The van der Waals surface area contributed by atoms with Crippen molar-refractivity contribution in [2.75, 3.05) is 53.9 Å². The van der Waals surface area contributed by atoms with E-state index in [9.17, 15) is 4.79 Å². The average Bonchev–Trinajstić information content (AvgIpc) is 2.34. The first-order valence-electron chi connectivity index (χ1n) is 6.62. The summed E-state index contributed by atoms with van der Waals surface area (Å²) in [6.07, 6.45) is 1.68. The Morgan fingerprint density at radius 2 is 1.41 bits per heavy atom. The lowest BCUT2D eigenvalue weighted by molar-refractivity contribution is -0.130. The molecule has 102 valence electrons. The van der Waals surface area contributed by atoms with Crippen molar-refractivity contribution in [3.05, 3.63) is 0 Å². The fraction of sp³-hybridized carbons (Fsp3) is 0.923. The van der Waals surface area contributed by atoms with Gasteiger partial charge in [0, 0.05) is 26.6 Å². The van der Waals surface area contributed by atoms with Gasteiger partial charge >= 0.3 is 0 Å². The van der Waals surface area contributed by atoms with Gasteiger partial charge in [-0.15, -0.1) is 0 Å². The summed E-state index contributed by atoms with van der Waals surface area (Å²) in [7, 11) is 6.06. The molecule has 0 fully saturated rings. The monoisotopic (exact) mass is 243 g/mol. The molecule has 0 rings (SSSR count). The van der Waals surface area contributed by atoms with E-state index in [1.165, 1.54) is 0 Å². The Bertz CT molecular complexity index is 209. The van der Waals surface area contributed by atoms with Crippen LogP contribution in [-0.2, 0) is 4.79 Å². The van der Waals surface area contributed by atoms with Crippen LogP contribution in [0.5, 0.6) is 0 Å². The highest BCUT2D eigenvalue weighted by atomic mass is 16.2. The van der Waals surface area contributed by atoms with Gasteiger partial charge < -0.3 is 14.7 Å². The predicted octanol–water partition coefficient (Wildman–Crippen LogP) is 1.13. The second-order valence-electron chi connectivity index (χ2n) is 4.71. The lowest BCUT2D eigenvalue weighted by Crippen LogP contribution is -2.32. The SMILES string of the molecule is CCN(C)CCCN(C)C(=O)CCN(C)CC. The summed E-state index contributed by atoms with van der Waals surface area (Å²) in [6.45, 7) is 9.10. The first-order valence-corrected chi connectivity index (χ1v) is 6.62. The van der Waals surface area contributed by atoms with Crippen LogP contribution in [0.3, 0.4) is 0 Å². The molecule has 0 atom stereocenters. The van der Waals surface area contributed by atoms with Crippen LogP contribution in [0.25, 0.3) is 0 Å². The van der Waals surface area contributed by atoms with Crippen LogP contribution in [-0.4, -0.2) is 74.5 Å². The van der Waals surface area contributed by atoms with Crippen LogP contribution >= 0.6 is 0 Å². The average molecular weight is 243 g/mol. The van der Waals surface area contributed by atoms with E-state index < -0.39 is 0 Å². The van der Waals surface area contributed by atoms with E-state index >= 15 is 0 Å². The molecule has 0 radical (unpaired) electrons. The Kier molecular flexibility index (Phi) is 9.09. The summed E-state index contributed by atoms with van der Waals surface area (Å²) in [5.74, 6) is 0.254. The molecule has 4 nitrogen and oxygen atoms in total. The summed E-state index contributed by atoms with van der Waals surface area (Å²) >= 11 is 0. The Morgan fingerprint density at radius 1 is 0.882 bits per heavy atom. The molecule has 0 aliphatic carbocycles. The van der Waals surface area contributed by atoms with Crippen molar-refractivity contribution < 1.29 is 4.79 Å². The van der Waals surface area contributed by atoms with Crippen LogP contribution in [0.1, 0.15) is 26.7 Å². The molecule has 0 aromatic rings. The molecule has 0 aromatic carbocycles. The molecular weight excluding hydrogens is 214 g/mol. The number of amides is 1. The third kappa shape index (κ3) is 8.16. The standard InChI is InChI=1S/C13H29N3O/c1-6-14(3)10-8-11-16(5)13(17)9-12-15(4)7-2/h6-12H2,1-5H3. The summed E-state index contributed by atoms with van der Waals surface area (Å²) < 4.78 is 0. The molecule has 0 spiro atoms. The summed E-state index contributed by atoms with van der Waals surface area (Å²) in [4.78, 5) is 18.1. The molecule has 0 aliphatic rings. The van der Waals surface area contributed by atoms with Crippen molar-refractivity contribution in [3.63, 3.8) is 0 Å². The van der Waals surface area contributed by atoms with Gasteiger partial charge in [-0.05, 0) is 40.2 Å². The predicted molar refractivity (Wildman–Crippen MR) is 73.2 cm³/mol. The number of carbonyl (C=O) groups excluding carboxylic acids is 1. The van der Waals surface area contributed by atoms with Crippen molar-refractivity contribution in [1.29, 1.82) is 0 Å². The van der Waals surface area contributed by atoms with Crippen LogP contribution in [0.15, 0.2) is 0 Å². The Labute approximate surface area is 107 Å². The maximum absolute atomic E-state index is 11.8. The Hall–Kier alpha value is -0.610. The van der Waals surface area contributed by atoms with E-state index in [1.807, 2.05) is 19.0 Å². The lowest BCUT2D eigenvalue weighted by Gasteiger charge is -2.21. The maximum Gasteiger partial charge on any atom is 0.223 e. The van der Waals surface area contributed by atoms with Crippen molar-refractivity contribution >= 4 is 5.91 Å². The van der Waals surface area contributed by atoms with E-state index in [0.29, 0.717) is 6.42 Å². The second-order valence-corrected chi connectivity index (χ2v) is 4.71. The summed E-state index contributed by atoms with van der Waals surface area (Å²) in [5, 5.41) is 0. The van der Waals surface area contributed by atoms with Crippen LogP contribution in [0.2, 0.25) is 0 Å². The highest BCUT2D eigenvalue weighted by molar-refractivity contribution is 5.76. The molecule has 0 N–H and O–H groups in total. The van der Waals surface area contributed by atoms with Gasteiger partial charge in [0.25, 0.3) is 0 Å². The first-order chi connectivity index (χ1) is 8.01.